The first-order chi connectivity index (χ1) is 8.24. The van der Waals surface area contributed by atoms with E-state index in [1.165, 1.54) is 0 Å². The molecule has 0 bridgehead atoms. The Labute approximate surface area is 104 Å². The average Bonchev–Trinajstić information content (AvgIpc) is 2.76. The highest BCUT2D eigenvalue weighted by Crippen LogP contribution is 2.22. The Kier molecular flexibility index (Phi) is 3.35. The predicted molar refractivity (Wildman–Crippen MR) is 69.0 cm³/mol. The van der Waals surface area contributed by atoms with Crippen molar-refractivity contribution in [1.29, 1.82) is 5.26 Å². The molecule has 0 saturated carbocycles. The number of hydrogen-bond donors (Lipinski definition) is 1. The lowest BCUT2D eigenvalue weighted by atomic mass is 10.2. The molecule has 0 atom stereocenters. The van der Waals surface area contributed by atoms with Crippen molar-refractivity contribution in [2.45, 2.75) is 13.8 Å². The van der Waals surface area contributed by atoms with Gasteiger partial charge in [-0.1, -0.05) is 0 Å². The zero-order valence-corrected chi connectivity index (χ0v) is 10.5. The number of aryl methyl sites for hydroxylation is 1. The number of hydrogen-bond acceptors (Lipinski definition) is 5. The quantitative estimate of drug-likeness (QED) is 0.901. The molecule has 0 amide bonds. The molecule has 0 aliphatic heterocycles. The highest BCUT2D eigenvalue weighted by Gasteiger charge is 2.08. The summed E-state index contributed by atoms with van der Waals surface area (Å²) < 4.78 is 0. The number of nitrogens with one attached hydrogen (secondary N) is 1. The van der Waals surface area contributed by atoms with E-state index in [1.807, 2.05) is 25.3 Å². The minimum Gasteiger partial charge on any atom is -0.369 e. The molecule has 0 aliphatic rings. The zero-order valence-electron chi connectivity index (χ0n) is 9.69. The van der Waals surface area contributed by atoms with Gasteiger partial charge in [0.05, 0.1) is 22.0 Å². The van der Waals surface area contributed by atoms with Crippen LogP contribution >= 0.6 is 11.3 Å². The first kappa shape index (κ1) is 11.6. The van der Waals surface area contributed by atoms with Crippen molar-refractivity contribution in [3.8, 4) is 17.5 Å². The second kappa shape index (κ2) is 4.93. The summed E-state index contributed by atoms with van der Waals surface area (Å²) in [5.41, 5.74) is 2.21. The summed E-state index contributed by atoms with van der Waals surface area (Å²) >= 11 is 1.59. The van der Waals surface area contributed by atoms with E-state index in [0.29, 0.717) is 11.4 Å². The Morgan fingerprint density at radius 2 is 2.18 bits per heavy atom. The summed E-state index contributed by atoms with van der Waals surface area (Å²) in [5.74, 6) is 0.623. The maximum Gasteiger partial charge on any atom is 0.144 e. The van der Waals surface area contributed by atoms with Crippen molar-refractivity contribution >= 4 is 17.2 Å². The number of thiazole rings is 1. The van der Waals surface area contributed by atoms with E-state index in [0.717, 1.165) is 22.9 Å². The monoisotopic (exact) mass is 244 g/mol. The highest BCUT2D eigenvalue weighted by atomic mass is 32.1. The van der Waals surface area contributed by atoms with Crippen LogP contribution in [0.5, 0.6) is 0 Å². The molecule has 2 aromatic heterocycles. The van der Waals surface area contributed by atoms with Gasteiger partial charge < -0.3 is 5.32 Å². The van der Waals surface area contributed by atoms with Crippen molar-refractivity contribution in [2.24, 2.45) is 0 Å². The fourth-order valence-electron chi connectivity index (χ4n) is 1.48. The van der Waals surface area contributed by atoms with Crippen LogP contribution in [0.3, 0.4) is 0 Å². The average molecular weight is 244 g/mol. The number of anilines is 1. The third-order valence-electron chi connectivity index (χ3n) is 2.24. The number of nitriles is 1. The lowest BCUT2D eigenvalue weighted by molar-refractivity contribution is 1.14. The molecule has 2 heterocycles. The topological polar surface area (TPSA) is 61.6 Å². The maximum atomic E-state index is 8.97. The molecule has 0 radical (unpaired) electrons. The van der Waals surface area contributed by atoms with Crippen LogP contribution in [0.25, 0.3) is 11.4 Å². The van der Waals surface area contributed by atoms with E-state index in [4.69, 9.17) is 5.26 Å². The van der Waals surface area contributed by atoms with Gasteiger partial charge in [0.1, 0.15) is 11.9 Å². The third-order valence-corrected chi connectivity index (χ3v) is 3.01. The Hall–Kier alpha value is -1.93. The van der Waals surface area contributed by atoms with Crippen LogP contribution in [0, 0.1) is 18.3 Å². The number of pyridine rings is 1. The van der Waals surface area contributed by atoms with Gasteiger partial charge in [-0.3, -0.25) is 0 Å². The minimum absolute atomic E-state index is 0.558. The Balaban J connectivity index is 2.44. The van der Waals surface area contributed by atoms with Gasteiger partial charge in [-0.05, 0) is 26.0 Å². The summed E-state index contributed by atoms with van der Waals surface area (Å²) in [7, 11) is 0. The summed E-state index contributed by atoms with van der Waals surface area (Å²) in [5, 5.41) is 15.0. The largest absolute Gasteiger partial charge is 0.369 e. The van der Waals surface area contributed by atoms with Crippen LogP contribution in [-0.4, -0.2) is 16.5 Å². The van der Waals surface area contributed by atoms with Gasteiger partial charge in [-0.15, -0.1) is 11.3 Å². The molecule has 0 aromatic carbocycles. The smallest absolute Gasteiger partial charge is 0.144 e. The number of nitrogens with zero attached hydrogens (tertiary/aromatic N) is 3. The lowest BCUT2D eigenvalue weighted by Gasteiger charge is -2.05. The predicted octanol–water partition coefficient (Wildman–Crippen LogP) is 2.82. The molecule has 17 heavy (non-hydrogen) atoms. The molecule has 2 aromatic rings. The molecule has 1 N–H and O–H groups in total. The van der Waals surface area contributed by atoms with E-state index < -0.39 is 0 Å². The second-order valence-electron chi connectivity index (χ2n) is 3.49. The molecule has 0 fully saturated rings. The van der Waals surface area contributed by atoms with Crippen LogP contribution in [0.1, 0.15) is 17.5 Å². The minimum atomic E-state index is 0.558. The summed E-state index contributed by atoms with van der Waals surface area (Å²) in [6.45, 7) is 4.67. The van der Waals surface area contributed by atoms with Crippen molar-refractivity contribution in [3.05, 3.63) is 28.1 Å². The van der Waals surface area contributed by atoms with E-state index in [9.17, 15) is 0 Å². The first-order valence-corrected chi connectivity index (χ1v) is 6.20. The molecular formula is C12H12N4S. The van der Waals surface area contributed by atoms with E-state index >= 15 is 0 Å². The fraction of sp³-hybridized carbons (Fsp3) is 0.250. The van der Waals surface area contributed by atoms with Gasteiger partial charge in [-0.25, -0.2) is 9.97 Å². The van der Waals surface area contributed by atoms with Gasteiger partial charge in [0.15, 0.2) is 0 Å². The fourth-order valence-corrected chi connectivity index (χ4v) is 2.08. The van der Waals surface area contributed by atoms with Crippen LogP contribution in [0.4, 0.5) is 5.82 Å². The standard InChI is InChI=1S/C12H12N4S/c1-3-14-12-9(6-13)4-5-10(16-12)11-7-17-8(2)15-11/h4-5,7H,3H2,1-2H3,(H,14,16). The lowest BCUT2D eigenvalue weighted by Crippen LogP contribution is -2.02. The third kappa shape index (κ3) is 2.43. The molecule has 5 heteroatoms. The van der Waals surface area contributed by atoms with Gasteiger partial charge in [0.2, 0.25) is 0 Å². The normalized spacial score (nSPS) is 9.94. The van der Waals surface area contributed by atoms with E-state index in [1.54, 1.807) is 17.4 Å². The first-order valence-electron chi connectivity index (χ1n) is 5.32. The van der Waals surface area contributed by atoms with Crippen molar-refractivity contribution in [1.82, 2.24) is 9.97 Å². The van der Waals surface area contributed by atoms with Crippen molar-refractivity contribution in [2.75, 3.05) is 11.9 Å². The Morgan fingerprint density at radius 1 is 1.35 bits per heavy atom. The molecule has 0 aliphatic carbocycles. The summed E-state index contributed by atoms with van der Waals surface area (Å²) in [4.78, 5) is 8.81. The molecule has 4 nitrogen and oxygen atoms in total. The second-order valence-corrected chi connectivity index (χ2v) is 4.55. The van der Waals surface area contributed by atoms with Crippen LogP contribution < -0.4 is 5.32 Å². The van der Waals surface area contributed by atoms with Crippen molar-refractivity contribution in [3.63, 3.8) is 0 Å². The molecule has 0 unspecified atom stereocenters. The van der Waals surface area contributed by atoms with Gasteiger partial charge in [-0.2, -0.15) is 5.26 Å². The van der Waals surface area contributed by atoms with Crippen LogP contribution in [0.2, 0.25) is 0 Å². The molecule has 2 rings (SSSR count). The number of rotatable bonds is 3. The Morgan fingerprint density at radius 3 is 2.76 bits per heavy atom. The van der Waals surface area contributed by atoms with Gasteiger partial charge in [0, 0.05) is 11.9 Å². The zero-order chi connectivity index (χ0) is 12.3. The van der Waals surface area contributed by atoms with E-state index in [-0.39, 0.29) is 0 Å². The molecule has 0 spiro atoms. The van der Waals surface area contributed by atoms with Crippen LogP contribution in [-0.2, 0) is 0 Å². The SMILES string of the molecule is CCNc1nc(-c2csc(C)n2)ccc1C#N. The molecular weight excluding hydrogens is 232 g/mol. The number of aromatic nitrogens is 2. The summed E-state index contributed by atoms with van der Waals surface area (Å²) in [6.07, 6.45) is 0. The van der Waals surface area contributed by atoms with Crippen molar-refractivity contribution < 1.29 is 0 Å². The Bertz CT molecular complexity index is 568. The van der Waals surface area contributed by atoms with Gasteiger partial charge in [0.25, 0.3) is 0 Å². The highest BCUT2D eigenvalue weighted by molar-refractivity contribution is 7.09. The van der Waals surface area contributed by atoms with Gasteiger partial charge >= 0.3 is 0 Å². The van der Waals surface area contributed by atoms with E-state index in [2.05, 4.69) is 21.4 Å². The molecule has 86 valence electrons. The maximum absolute atomic E-state index is 8.97. The summed E-state index contributed by atoms with van der Waals surface area (Å²) in [6, 6.07) is 5.72. The molecule has 0 saturated heterocycles. The van der Waals surface area contributed by atoms with Crippen LogP contribution in [0.15, 0.2) is 17.5 Å².